The van der Waals surface area contributed by atoms with Crippen LogP contribution in [0.3, 0.4) is 0 Å². The number of benzene rings is 1. The van der Waals surface area contributed by atoms with Gasteiger partial charge in [0, 0.05) is 52.0 Å². The number of morpholine rings is 1. The fourth-order valence-electron chi connectivity index (χ4n) is 11.7. The van der Waals surface area contributed by atoms with Crippen LogP contribution in [0.5, 0.6) is 0 Å². The smallest absolute Gasteiger partial charge is 0.329 e. The molecule has 6 fully saturated rings. The maximum Gasteiger partial charge on any atom is 0.329 e. The number of carbonyl (C=O) groups is 3. The molecular formula is C45H54F2N12O5. The minimum Gasteiger partial charge on any atom is -0.374 e. The molecule has 338 valence electrons. The summed E-state index contributed by atoms with van der Waals surface area (Å²) in [5, 5.41) is 13.7. The van der Waals surface area contributed by atoms with Crippen molar-refractivity contribution < 1.29 is 27.9 Å². The van der Waals surface area contributed by atoms with E-state index in [1.807, 2.05) is 18.2 Å². The van der Waals surface area contributed by atoms with Gasteiger partial charge in [0.25, 0.3) is 12.3 Å². The highest BCUT2D eigenvalue weighted by atomic mass is 19.3. The summed E-state index contributed by atoms with van der Waals surface area (Å²) in [6.45, 7) is 6.30. The maximum absolute atomic E-state index is 14.4. The Hall–Kier alpha value is -5.69. The zero-order valence-electron chi connectivity index (χ0n) is 36.0. The van der Waals surface area contributed by atoms with Crippen LogP contribution < -0.4 is 26.1 Å². The number of halogens is 2. The van der Waals surface area contributed by atoms with Gasteiger partial charge in [-0.25, -0.2) is 23.1 Å². The van der Waals surface area contributed by atoms with Crippen molar-refractivity contribution in [1.29, 1.82) is 0 Å². The van der Waals surface area contributed by atoms with Crippen molar-refractivity contribution in [2.45, 2.75) is 101 Å². The molecule has 3 amide bonds. The van der Waals surface area contributed by atoms with Gasteiger partial charge in [-0.05, 0) is 107 Å². The molecule has 2 unspecified atom stereocenters. The third-order valence-electron chi connectivity index (χ3n) is 15.4. The molecule has 64 heavy (non-hydrogen) atoms. The molecule has 1 aliphatic carbocycles. The van der Waals surface area contributed by atoms with E-state index in [0.29, 0.717) is 30.1 Å². The number of alkyl halides is 2. The lowest BCUT2D eigenvalue weighted by molar-refractivity contribution is -0.135. The van der Waals surface area contributed by atoms with Gasteiger partial charge in [-0.3, -0.25) is 33.5 Å². The number of nitrogens with zero attached hydrogens (tertiary/aromatic N) is 10. The second-order valence-corrected chi connectivity index (χ2v) is 19.1. The molecule has 6 aliphatic rings. The molecule has 1 saturated carbocycles. The number of aromatic nitrogens is 7. The SMILES string of the molecule is Cn1c(=O)n(C2CCC(=O)NC2=O)c2cccc(N3CCC4(CCN(C[C@H]5CC[C@@H](n6cc(NC(=O)c7cnn8ccc(N9CC%10C[C@@H]9CO%10)nc78)c(C(F)F)n6)CC5)CC4)CC3)c21. The third-order valence-corrected chi connectivity index (χ3v) is 15.4. The molecule has 2 N–H and O–H groups in total. The number of piperidine rings is 3. The Morgan fingerprint density at radius 2 is 1.78 bits per heavy atom. The molecule has 1 spiro atoms. The Balaban J connectivity index is 0.681. The standard InChI is InChI=1S/C45H54F2N12O5/c1-53-39-33(3-2-4-34(39)59(44(53)63)35-9-10-37(60)51-43(35)62)55-19-14-45(15-20-55)12-17-54(18-13-45)23-27-5-7-28(8-6-27)58-25-32(38(52-58)40(46)47)49-42(61)31-22-48-57-16-11-36(50-41(31)57)56-24-30-21-29(56)26-64-30/h2-4,11,16,22,25,27-30,35,40H,5-10,12-15,17-21,23-24,26H2,1H3,(H,49,61)(H,51,60,62)/t27-,28+,29-,30?,35?/m1/s1. The average molecular weight is 881 g/mol. The highest BCUT2D eigenvalue weighted by Crippen LogP contribution is 2.44. The Morgan fingerprint density at radius 3 is 2.50 bits per heavy atom. The Bertz CT molecular complexity index is 2680. The van der Waals surface area contributed by atoms with Crippen LogP contribution in [-0.4, -0.2) is 114 Å². The molecule has 0 radical (unpaired) electrons. The van der Waals surface area contributed by atoms with Crippen LogP contribution in [0.25, 0.3) is 16.7 Å². The summed E-state index contributed by atoms with van der Waals surface area (Å²) < 4.78 is 40.8. The molecule has 17 nitrogen and oxygen atoms in total. The Kier molecular flexibility index (Phi) is 10.3. The van der Waals surface area contributed by atoms with Crippen LogP contribution in [-0.2, 0) is 21.4 Å². The van der Waals surface area contributed by atoms with Crippen LogP contribution in [0.4, 0.5) is 26.0 Å². The lowest BCUT2D eigenvalue weighted by Gasteiger charge is -2.48. The van der Waals surface area contributed by atoms with E-state index in [4.69, 9.17) is 9.72 Å². The van der Waals surface area contributed by atoms with Gasteiger partial charge in [0.1, 0.15) is 17.4 Å². The average Bonchev–Trinajstić information content (AvgIpc) is 4.15. The normalized spacial score (nSPS) is 26.2. The number of imide groups is 1. The first-order valence-electron chi connectivity index (χ1n) is 22.9. The molecule has 9 heterocycles. The van der Waals surface area contributed by atoms with E-state index in [9.17, 15) is 28.0 Å². The highest BCUT2D eigenvalue weighted by molar-refractivity contribution is 6.08. The first kappa shape index (κ1) is 41.0. The number of anilines is 3. The van der Waals surface area contributed by atoms with Crippen molar-refractivity contribution in [2.75, 3.05) is 61.0 Å². The monoisotopic (exact) mass is 880 g/mol. The minimum atomic E-state index is -2.85. The number of nitrogens with one attached hydrogen (secondary N) is 2. The van der Waals surface area contributed by atoms with Crippen molar-refractivity contribution >= 4 is 51.6 Å². The highest BCUT2D eigenvalue weighted by Gasteiger charge is 2.41. The van der Waals surface area contributed by atoms with E-state index < -0.39 is 30.0 Å². The number of hydrogen-bond acceptors (Lipinski definition) is 11. The number of likely N-dealkylation sites (tertiary alicyclic amines) is 1. The van der Waals surface area contributed by atoms with Gasteiger partial charge >= 0.3 is 5.69 Å². The first-order valence-corrected chi connectivity index (χ1v) is 22.9. The molecular weight excluding hydrogens is 827 g/mol. The second kappa shape index (κ2) is 16.1. The number of amides is 3. The lowest BCUT2D eigenvalue weighted by Crippen LogP contribution is -2.48. The van der Waals surface area contributed by atoms with E-state index >= 15 is 0 Å². The molecule has 19 heteroatoms. The quantitative estimate of drug-likeness (QED) is 0.195. The van der Waals surface area contributed by atoms with Gasteiger partial charge < -0.3 is 24.8 Å². The molecule has 3 atom stereocenters. The molecule has 5 aliphatic heterocycles. The lowest BCUT2D eigenvalue weighted by atomic mass is 9.71. The largest absolute Gasteiger partial charge is 0.374 e. The molecule has 2 bridgehead atoms. The van der Waals surface area contributed by atoms with Crippen LogP contribution in [0, 0.1) is 11.3 Å². The van der Waals surface area contributed by atoms with Gasteiger partial charge in [0.2, 0.25) is 11.8 Å². The van der Waals surface area contributed by atoms with E-state index in [2.05, 4.69) is 41.6 Å². The number of carbonyl (C=O) groups excluding carboxylic acids is 3. The summed E-state index contributed by atoms with van der Waals surface area (Å²) in [7, 11) is 1.76. The second-order valence-electron chi connectivity index (χ2n) is 19.1. The summed E-state index contributed by atoms with van der Waals surface area (Å²) in [6.07, 6.45) is 11.6. The number of para-hydroxylation sites is 1. The van der Waals surface area contributed by atoms with Crippen molar-refractivity contribution in [2.24, 2.45) is 18.4 Å². The minimum absolute atomic E-state index is 0.00579. The number of rotatable bonds is 9. The molecule has 5 saturated heterocycles. The fraction of sp³-hybridized carbons (Fsp3) is 0.578. The number of fused-ring (bicyclic) bond motifs is 4. The Labute approximate surface area is 367 Å². The molecule has 1 aromatic carbocycles. The van der Waals surface area contributed by atoms with E-state index in [1.54, 1.807) is 33.3 Å². The zero-order chi connectivity index (χ0) is 43.9. The molecule has 5 aromatic rings. The third kappa shape index (κ3) is 7.23. The van der Waals surface area contributed by atoms with E-state index in [1.165, 1.54) is 10.7 Å². The summed E-state index contributed by atoms with van der Waals surface area (Å²) in [4.78, 5) is 63.6. The fourth-order valence-corrected chi connectivity index (χ4v) is 11.7. The van der Waals surface area contributed by atoms with Gasteiger partial charge in [-0.2, -0.15) is 10.2 Å². The predicted molar refractivity (Wildman–Crippen MR) is 233 cm³/mol. The summed E-state index contributed by atoms with van der Waals surface area (Å²) in [5.74, 6) is -0.0370. The maximum atomic E-state index is 14.4. The predicted octanol–water partition coefficient (Wildman–Crippen LogP) is 4.84. The van der Waals surface area contributed by atoms with Gasteiger partial charge in [-0.1, -0.05) is 6.07 Å². The summed E-state index contributed by atoms with van der Waals surface area (Å²) in [5.41, 5.74) is 2.70. The first-order chi connectivity index (χ1) is 31.0. The van der Waals surface area contributed by atoms with Gasteiger partial charge in [0.15, 0.2) is 11.3 Å². The Morgan fingerprint density at radius 1 is 1.00 bits per heavy atom. The summed E-state index contributed by atoms with van der Waals surface area (Å²) in [6, 6.07) is 7.29. The van der Waals surface area contributed by atoms with Gasteiger partial charge in [0.05, 0.1) is 53.4 Å². The number of hydrogen-bond donors (Lipinski definition) is 2. The topological polar surface area (TPSA) is 169 Å². The molecule has 4 aromatic heterocycles. The number of imidazole rings is 1. The van der Waals surface area contributed by atoms with Crippen molar-refractivity contribution in [3.05, 3.63) is 64.6 Å². The van der Waals surface area contributed by atoms with Crippen LogP contribution in [0.2, 0.25) is 0 Å². The number of aryl methyl sites for hydroxylation is 1. The van der Waals surface area contributed by atoms with Crippen LogP contribution >= 0.6 is 0 Å². The number of ether oxygens (including phenoxy) is 1. The van der Waals surface area contributed by atoms with Crippen LogP contribution in [0.15, 0.2) is 47.7 Å². The van der Waals surface area contributed by atoms with Crippen molar-refractivity contribution in [1.82, 2.24) is 43.7 Å². The summed E-state index contributed by atoms with van der Waals surface area (Å²) >= 11 is 0. The van der Waals surface area contributed by atoms with E-state index in [0.717, 1.165) is 114 Å². The van der Waals surface area contributed by atoms with Crippen LogP contribution in [0.1, 0.15) is 105 Å². The van der Waals surface area contributed by atoms with Gasteiger partial charge in [-0.15, -0.1) is 0 Å². The van der Waals surface area contributed by atoms with E-state index in [-0.39, 0.29) is 52.9 Å². The van der Waals surface area contributed by atoms with Crippen molar-refractivity contribution in [3.8, 4) is 0 Å². The van der Waals surface area contributed by atoms with Crippen molar-refractivity contribution in [3.63, 3.8) is 0 Å². The molecule has 11 rings (SSSR count). The zero-order valence-corrected chi connectivity index (χ0v) is 36.0.